The van der Waals surface area contributed by atoms with E-state index in [4.69, 9.17) is 9.47 Å². The lowest BCUT2D eigenvalue weighted by molar-refractivity contribution is -0.144. The van der Waals surface area contributed by atoms with Gasteiger partial charge in [0.25, 0.3) is 5.91 Å². The van der Waals surface area contributed by atoms with Crippen molar-refractivity contribution in [3.63, 3.8) is 0 Å². The van der Waals surface area contributed by atoms with E-state index in [9.17, 15) is 14.7 Å². The van der Waals surface area contributed by atoms with Gasteiger partial charge in [0.2, 0.25) is 0 Å². The summed E-state index contributed by atoms with van der Waals surface area (Å²) in [4.78, 5) is 23.9. The van der Waals surface area contributed by atoms with E-state index in [0.717, 1.165) is 11.1 Å². The molecule has 1 aromatic carbocycles. The molecule has 1 fully saturated rings. The number of carbonyl (C=O) groups is 2. The van der Waals surface area contributed by atoms with Crippen LogP contribution in [0.3, 0.4) is 0 Å². The molecule has 0 saturated carbocycles. The predicted molar refractivity (Wildman–Crippen MR) is 93.9 cm³/mol. The zero-order valence-electron chi connectivity index (χ0n) is 15.2. The molecule has 2 N–H and O–H groups in total. The fourth-order valence-electron chi connectivity index (χ4n) is 2.93. The quantitative estimate of drug-likeness (QED) is 0.790. The Kier molecular flexibility index (Phi) is 6.42. The Balaban J connectivity index is 2.07. The maximum absolute atomic E-state index is 12.4. The molecular weight excluding hydrogens is 322 g/mol. The Hall–Kier alpha value is -2.08. The summed E-state index contributed by atoms with van der Waals surface area (Å²) in [5, 5.41) is 12.0. The van der Waals surface area contributed by atoms with Gasteiger partial charge in [0.15, 0.2) is 6.10 Å². The molecule has 3 atom stereocenters. The van der Waals surface area contributed by atoms with Crippen molar-refractivity contribution >= 4 is 11.9 Å². The fraction of sp³-hybridized carbons (Fsp3) is 0.579. The van der Waals surface area contributed by atoms with E-state index in [1.54, 1.807) is 6.92 Å². The molecule has 1 aliphatic rings. The highest BCUT2D eigenvalue weighted by molar-refractivity contribution is 5.86. The SMILES string of the molecule is Cc1ccc(C(C)C)c(OC(C)C(=O)NC(C(=O)O)C2CCOC2)c1. The molecule has 0 spiro atoms. The second-order valence-electron chi connectivity index (χ2n) is 6.90. The van der Waals surface area contributed by atoms with Crippen LogP contribution < -0.4 is 10.1 Å². The van der Waals surface area contributed by atoms with Gasteiger partial charge in [0.1, 0.15) is 11.8 Å². The average Bonchev–Trinajstić information content (AvgIpc) is 3.05. The van der Waals surface area contributed by atoms with Crippen LogP contribution >= 0.6 is 0 Å². The molecular formula is C19H27NO5. The van der Waals surface area contributed by atoms with Crippen molar-refractivity contribution in [2.45, 2.75) is 52.2 Å². The van der Waals surface area contributed by atoms with Crippen LogP contribution in [0.25, 0.3) is 0 Å². The molecule has 0 aliphatic carbocycles. The number of nitrogens with one attached hydrogen (secondary N) is 1. The van der Waals surface area contributed by atoms with Gasteiger partial charge in [-0.15, -0.1) is 0 Å². The van der Waals surface area contributed by atoms with Crippen LogP contribution in [0.2, 0.25) is 0 Å². The summed E-state index contributed by atoms with van der Waals surface area (Å²) in [6.07, 6.45) is -0.162. The fourth-order valence-corrected chi connectivity index (χ4v) is 2.93. The zero-order chi connectivity index (χ0) is 18.6. The van der Waals surface area contributed by atoms with E-state index < -0.39 is 24.0 Å². The molecule has 1 aliphatic heterocycles. The second kappa shape index (κ2) is 8.34. The number of carboxylic acids is 1. The number of ether oxygens (including phenoxy) is 2. The van der Waals surface area contributed by atoms with Gasteiger partial charge in [-0.2, -0.15) is 0 Å². The summed E-state index contributed by atoms with van der Waals surface area (Å²) >= 11 is 0. The van der Waals surface area contributed by atoms with Crippen LogP contribution in [0.5, 0.6) is 5.75 Å². The van der Waals surface area contributed by atoms with E-state index in [-0.39, 0.29) is 11.8 Å². The Bertz CT molecular complexity index is 622. The lowest BCUT2D eigenvalue weighted by Crippen LogP contribution is -2.50. The van der Waals surface area contributed by atoms with Gasteiger partial charge in [-0.05, 0) is 43.4 Å². The number of carbonyl (C=O) groups excluding carboxylic acids is 1. The number of aryl methyl sites for hydroxylation is 1. The van der Waals surface area contributed by atoms with E-state index in [0.29, 0.717) is 25.4 Å². The first-order chi connectivity index (χ1) is 11.8. The van der Waals surface area contributed by atoms with E-state index in [1.165, 1.54) is 0 Å². The Labute approximate surface area is 148 Å². The van der Waals surface area contributed by atoms with Crippen molar-refractivity contribution in [1.29, 1.82) is 0 Å². The minimum atomic E-state index is -1.05. The molecule has 1 saturated heterocycles. The molecule has 1 amide bonds. The van der Waals surface area contributed by atoms with Gasteiger partial charge < -0.3 is 19.9 Å². The highest BCUT2D eigenvalue weighted by Crippen LogP contribution is 2.28. The average molecular weight is 349 g/mol. The number of benzene rings is 1. The molecule has 2 rings (SSSR count). The number of hydrogen-bond donors (Lipinski definition) is 2. The lowest BCUT2D eigenvalue weighted by atomic mass is 9.99. The number of amides is 1. The molecule has 6 heteroatoms. The van der Waals surface area contributed by atoms with Gasteiger partial charge in [0.05, 0.1) is 6.61 Å². The van der Waals surface area contributed by atoms with E-state index in [1.807, 2.05) is 25.1 Å². The number of aliphatic carboxylic acids is 1. The zero-order valence-corrected chi connectivity index (χ0v) is 15.2. The van der Waals surface area contributed by atoms with Gasteiger partial charge in [-0.1, -0.05) is 26.0 Å². The molecule has 1 heterocycles. The second-order valence-corrected chi connectivity index (χ2v) is 6.90. The summed E-state index contributed by atoms with van der Waals surface area (Å²) < 4.78 is 11.1. The van der Waals surface area contributed by atoms with Crippen molar-refractivity contribution in [1.82, 2.24) is 5.32 Å². The third kappa shape index (κ3) is 4.95. The summed E-state index contributed by atoms with van der Waals surface area (Å²) in [6.45, 7) is 8.58. The Morgan fingerprint density at radius 2 is 2.04 bits per heavy atom. The monoisotopic (exact) mass is 349 g/mol. The first kappa shape index (κ1) is 19.2. The highest BCUT2D eigenvalue weighted by atomic mass is 16.5. The summed E-state index contributed by atoms with van der Waals surface area (Å²) in [5.41, 5.74) is 2.06. The van der Waals surface area contributed by atoms with E-state index in [2.05, 4.69) is 19.2 Å². The van der Waals surface area contributed by atoms with Crippen LogP contribution in [0.1, 0.15) is 44.2 Å². The molecule has 0 bridgehead atoms. The Morgan fingerprint density at radius 1 is 1.32 bits per heavy atom. The van der Waals surface area contributed by atoms with Crippen molar-refractivity contribution in [3.05, 3.63) is 29.3 Å². The molecule has 1 aromatic rings. The first-order valence-electron chi connectivity index (χ1n) is 8.67. The van der Waals surface area contributed by atoms with E-state index >= 15 is 0 Å². The van der Waals surface area contributed by atoms with Crippen LogP contribution in [0, 0.1) is 12.8 Å². The third-order valence-electron chi connectivity index (χ3n) is 4.46. The largest absolute Gasteiger partial charge is 0.481 e. The van der Waals surface area contributed by atoms with Gasteiger partial charge in [-0.25, -0.2) is 4.79 Å². The van der Waals surface area contributed by atoms with Crippen LogP contribution in [0.15, 0.2) is 18.2 Å². The molecule has 25 heavy (non-hydrogen) atoms. The van der Waals surface area contributed by atoms with Gasteiger partial charge in [0, 0.05) is 12.5 Å². The Morgan fingerprint density at radius 3 is 2.60 bits per heavy atom. The minimum Gasteiger partial charge on any atom is -0.481 e. The van der Waals surface area contributed by atoms with Crippen LogP contribution in [0.4, 0.5) is 0 Å². The van der Waals surface area contributed by atoms with Gasteiger partial charge in [-0.3, -0.25) is 4.79 Å². The molecule has 0 radical (unpaired) electrons. The van der Waals surface area contributed by atoms with Crippen molar-refractivity contribution in [3.8, 4) is 5.75 Å². The normalized spacial score (nSPS) is 19.5. The minimum absolute atomic E-state index is 0.209. The summed E-state index contributed by atoms with van der Waals surface area (Å²) in [5.74, 6) is -0.772. The van der Waals surface area contributed by atoms with Crippen LogP contribution in [-0.4, -0.2) is 42.3 Å². The van der Waals surface area contributed by atoms with Crippen molar-refractivity contribution in [2.24, 2.45) is 5.92 Å². The molecule has 0 aromatic heterocycles. The standard InChI is InChI=1S/C19H27NO5/c1-11(2)15-6-5-12(3)9-16(15)25-13(4)18(21)20-17(19(22)23)14-7-8-24-10-14/h5-6,9,11,13-14,17H,7-8,10H2,1-4H3,(H,20,21)(H,22,23). The maximum Gasteiger partial charge on any atom is 0.326 e. The van der Waals surface area contributed by atoms with Crippen molar-refractivity contribution in [2.75, 3.05) is 13.2 Å². The summed E-state index contributed by atoms with van der Waals surface area (Å²) in [6, 6.07) is 4.95. The highest BCUT2D eigenvalue weighted by Gasteiger charge is 2.34. The topological polar surface area (TPSA) is 84.9 Å². The van der Waals surface area contributed by atoms with Gasteiger partial charge >= 0.3 is 5.97 Å². The van der Waals surface area contributed by atoms with Crippen LogP contribution in [-0.2, 0) is 14.3 Å². The first-order valence-corrected chi connectivity index (χ1v) is 8.67. The number of carboxylic acid groups (broad SMARTS) is 1. The molecule has 138 valence electrons. The van der Waals surface area contributed by atoms with Crippen molar-refractivity contribution < 1.29 is 24.2 Å². The smallest absolute Gasteiger partial charge is 0.326 e. The number of rotatable bonds is 7. The molecule has 3 unspecified atom stereocenters. The number of hydrogen-bond acceptors (Lipinski definition) is 4. The lowest BCUT2D eigenvalue weighted by Gasteiger charge is -2.23. The maximum atomic E-state index is 12.4. The predicted octanol–water partition coefficient (Wildman–Crippen LogP) is 2.49. The third-order valence-corrected chi connectivity index (χ3v) is 4.46. The molecule has 6 nitrogen and oxygen atoms in total. The summed E-state index contributed by atoms with van der Waals surface area (Å²) in [7, 11) is 0.